The number of carbonyl (C=O) groups excluding carboxylic acids is 1. The molecule has 2 aromatic rings. The Morgan fingerprint density at radius 3 is 3.00 bits per heavy atom. The lowest BCUT2D eigenvalue weighted by atomic mass is 10.3. The highest BCUT2D eigenvalue weighted by Gasteiger charge is 2.10. The standard InChI is InChI=1S/C11H13N3O2S/c1-16-11(15)8-3-4-9-12-13-10(5-6-17-2)14(9)7-8/h3-4,7H,5-6H2,1-2H3. The van der Waals surface area contributed by atoms with Crippen LogP contribution < -0.4 is 0 Å². The minimum absolute atomic E-state index is 0.351. The molecule has 0 aliphatic carbocycles. The molecule has 2 aromatic heterocycles. The molecule has 5 nitrogen and oxygen atoms in total. The van der Waals surface area contributed by atoms with Gasteiger partial charge in [-0.25, -0.2) is 4.79 Å². The molecule has 0 atom stereocenters. The van der Waals surface area contributed by atoms with Crippen molar-refractivity contribution in [2.45, 2.75) is 6.42 Å². The van der Waals surface area contributed by atoms with E-state index in [2.05, 4.69) is 14.9 Å². The van der Waals surface area contributed by atoms with E-state index >= 15 is 0 Å². The van der Waals surface area contributed by atoms with Gasteiger partial charge in [0, 0.05) is 18.4 Å². The third-order valence-corrected chi connectivity index (χ3v) is 3.04. The first-order chi connectivity index (χ1) is 8.26. The fraction of sp³-hybridized carbons (Fsp3) is 0.364. The summed E-state index contributed by atoms with van der Waals surface area (Å²) in [6.45, 7) is 0. The van der Waals surface area contributed by atoms with Gasteiger partial charge in [0.15, 0.2) is 5.65 Å². The van der Waals surface area contributed by atoms with Gasteiger partial charge < -0.3 is 4.74 Å². The van der Waals surface area contributed by atoms with E-state index in [4.69, 9.17) is 0 Å². The number of aryl methyl sites for hydroxylation is 1. The van der Waals surface area contributed by atoms with E-state index in [1.807, 2.05) is 10.7 Å². The van der Waals surface area contributed by atoms with Crippen LogP contribution in [0.1, 0.15) is 16.2 Å². The second-order valence-corrected chi connectivity index (χ2v) is 4.48. The van der Waals surface area contributed by atoms with Gasteiger partial charge in [-0.2, -0.15) is 11.8 Å². The number of fused-ring (bicyclic) bond motifs is 1. The van der Waals surface area contributed by atoms with Crippen LogP contribution in [0, 0.1) is 0 Å². The number of hydrogen-bond donors (Lipinski definition) is 0. The van der Waals surface area contributed by atoms with Gasteiger partial charge in [0.2, 0.25) is 0 Å². The Kier molecular flexibility index (Phi) is 3.63. The highest BCUT2D eigenvalue weighted by atomic mass is 32.2. The molecule has 0 aromatic carbocycles. The Balaban J connectivity index is 2.39. The van der Waals surface area contributed by atoms with Crippen LogP contribution in [0.25, 0.3) is 5.65 Å². The zero-order valence-corrected chi connectivity index (χ0v) is 10.5. The summed E-state index contributed by atoms with van der Waals surface area (Å²) in [6.07, 6.45) is 4.59. The third-order valence-electron chi connectivity index (χ3n) is 2.42. The van der Waals surface area contributed by atoms with Gasteiger partial charge in [0.05, 0.1) is 12.7 Å². The van der Waals surface area contributed by atoms with Crippen LogP contribution in [0.3, 0.4) is 0 Å². The average molecular weight is 251 g/mol. The van der Waals surface area contributed by atoms with Crippen LogP contribution in [0.4, 0.5) is 0 Å². The molecule has 0 spiro atoms. The summed E-state index contributed by atoms with van der Waals surface area (Å²) in [5.74, 6) is 1.49. The van der Waals surface area contributed by atoms with Crippen molar-refractivity contribution in [3.8, 4) is 0 Å². The number of methoxy groups -OCH3 is 1. The lowest BCUT2D eigenvalue weighted by Crippen LogP contribution is -2.04. The van der Waals surface area contributed by atoms with Crippen molar-refractivity contribution in [3.63, 3.8) is 0 Å². The minimum atomic E-state index is -0.351. The number of nitrogens with zero attached hydrogens (tertiary/aromatic N) is 3. The molecule has 2 heterocycles. The second-order valence-electron chi connectivity index (χ2n) is 3.50. The number of carbonyl (C=O) groups is 1. The van der Waals surface area contributed by atoms with Crippen molar-refractivity contribution in [3.05, 3.63) is 29.7 Å². The van der Waals surface area contributed by atoms with Crippen LogP contribution in [0.15, 0.2) is 18.3 Å². The SMILES string of the molecule is COC(=O)c1ccc2nnc(CCSC)n2c1. The van der Waals surface area contributed by atoms with E-state index in [0.29, 0.717) is 5.56 Å². The Labute approximate surface area is 103 Å². The molecule has 0 amide bonds. The predicted molar refractivity (Wildman–Crippen MR) is 66.4 cm³/mol. The maximum Gasteiger partial charge on any atom is 0.339 e. The Morgan fingerprint density at radius 1 is 1.47 bits per heavy atom. The highest BCUT2D eigenvalue weighted by Crippen LogP contribution is 2.09. The molecule has 0 radical (unpaired) electrons. The van der Waals surface area contributed by atoms with Crippen LogP contribution >= 0.6 is 11.8 Å². The third kappa shape index (κ3) is 2.41. The summed E-state index contributed by atoms with van der Waals surface area (Å²) >= 11 is 1.75. The fourth-order valence-corrected chi connectivity index (χ4v) is 1.93. The first-order valence-corrected chi connectivity index (χ1v) is 6.56. The lowest BCUT2D eigenvalue weighted by Gasteiger charge is -2.02. The summed E-state index contributed by atoms with van der Waals surface area (Å²) in [5, 5.41) is 8.16. The number of hydrogen-bond acceptors (Lipinski definition) is 5. The van der Waals surface area contributed by atoms with E-state index in [0.717, 1.165) is 23.6 Å². The van der Waals surface area contributed by atoms with E-state index in [9.17, 15) is 4.79 Å². The molecule has 0 aliphatic heterocycles. The van der Waals surface area contributed by atoms with Crippen LogP contribution in [0.2, 0.25) is 0 Å². The second kappa shape index (κ2) is 5.18. The molecule has 0 saturated carbocycles. The van der Waals surface area contributed by atoms with Gasteiger partial charge in [0.1, 0.15) is 5.82 Å². The van der Waals surface area contributed by atoms with Gasteiger partial charge >= 0.3 is 5.97 Å². The molecule has 0 unspecified atom stereocenters. The molecule has 0 bridgehead atoms. The monoisotopic (exact) mass is 251 g/mol. The maximum absolute atomic E-state index is 11.4. The Bertz CT molecular complexity index is 538. The van der Waals surface area contributed by atoms with E-state index in [1.165, 1.54) is 7.11 Å². The highest BCUT2D eigenvalue weighted by molar-refractivity contribution is 7.98. The number of pyridine rings is 1. The Hall–Kier alpha value is -1.56. The molecule has 90 valence electrons. The molecule has 0 saturated heterocycles. The molecular weight excluding hydrogens is 238 g/mol. The van der Waals surface area contributed by atoms with Gasteiger partial charge in [-0.3, -0.25) is 4.40 Å². The normalized spacial score (nSPS) is 10.7. The topological polar surface area (TPSA) is 56.5 Å². The fourth-order valence-electron chi connectivity index (χ4n) is 1.54. The van der Waals surface area contributed by atoms with E-state index in [1.54, 1.807) is 30.1 Å². The summed E-state index contributed by atoms with van der Waals surface area (Å²) in [6, 6.07) is 3.45. The molecule has 2 rings (SSSR count). The molecule has 17 heavy (non-hydrogen) atoms. The lowest BCUT2D eigenvalue weighted by molar-refractivity contribution is 0.0600. The Morgan fingerprint density at radius 2 is 2.29 bits per heavy atom. The first-order valence-electron chi connectivity index (χ1n) is 5.17. The van der Waals surface area contributed by atoms with Gasteiger partial charge in [-0.05, 0) is 18.4 Å². The summed E-state index contributed by atoms with van der Waals surface area (Å²) in [5.41, 5.74) is 1.25. The van der Waals surface area contributed by atoms with Gasteiger partial charge in [-0.1, -0.05) is 0 Å². The van der Waals surface area contributed by atoms with Crippen molar-refractivity contribution in [2.75, 3.05) is 19.1 Å². The zero-order valence-electron chi connectivity index (χ0n) is 9.71. The zero-order chi connectivity index (χ0) is 12.3. The molecule has 0 aliphatic rings. The summed E-state index contributed by atoms with van der Waals surface area (Å²) in [4.78, 5) is 11.4. The largest absolute Gasteiger partial charge is 0.465 e. The number of aromatic nitrogens is 3. The molecule has 0 N–H and O–H groups in total. The summed E-state index contributed by atoms with van der Waals surface area (Å²) < 4.78 is 6.52. The van der Waals surface area contributed by atoms with Crippen molar-refractivity contribution < 1.29 is 9.53 Å². The number of ether oxygens (including phenoxy) is 1. The summed E-state index contributed by atoms with van der Waals surface area (Å²) in [7, 11) is 1.37. The minimum Gasteiger partial charge on any atom is -0.465 e. The van der Waals surface area contributed by atoms with Crippen molar-refractivity contribution >= 4 is 23.4 Å². The van der Waals surface area contributed by atoms with Crippen molar-refractivity contribution in [2.24, 2.45) is 0 Å². The molecule has 0 fully saturated rings. The predicted octanol–water partition coefficient (Wildman–Crippen LogP) is 1.42. The van der Waals surface area contributed by atoms with Gasteiger partial charge in [0.25, 0.3) is 0 Å². The molecular formula is C11H13N3O2S. The maximum atomic E-state index is 11.4. The molecule has 6 heteroatoms. The average Bonchev–Trinajstić information content (AvgIpc) is 2.77. The van der Waals surface area contributed by atoms with Crippen LogP contribution in [-0.4, -0.2) is 39.7 Å². The van der Waals surface area contributed by atoms with Crippen LogP contribution in [0.5, 0.6) is 0 Å². The quantitative estimate of drug-likeness (QED) is 0.769. The van der Waals surface area contributed by atoms with Crippen molar-refractivity contribution in [1.82, 2.24) is 14.6 Å². The first kappa shape index (κ1) is 11.9. The van der Waals surface area contributed by atoms with E-state index in [-0.39, 0.29) is 5.97 Å². The number of rotatable bonds is 4. The van der Waals surface area contributed by atoms with Crippen LogP contribution in [-0.2, 0) is 11.2 Å². The van der Waals surface area contributed by atoms with E-state index < -0.39 is 0 Å². The number of thioether (sulfide) groups is 1. The smallest absolute Gasteiger partial charge is 0.339 e. The van der Waals surface area contributed by atoms with Crippen molar-refractivity contribution in [1.29, 1.82) is 0 Å². The van der Waals surface area contributed by atoms with Gasteiger partial charge in [-0.15, -0.1) is 10.2 Å². The number of esters is 1.